The van der Waals surface area contributed by atoms with Crippen LogP contribution < -0.4 is 20.7 Å². The lowest BCUT2D eigenvalue weighted by atomic mass is 10.3. The molecular weight excluding hydrogens is 500 g/mol. The van der Waals surface area contributed by atoms with Crippen molar-refractivity contribution in [2.45, 2.75) is 33.3 Å². The van der Waals surface area contributed by atoms with Crippen LogP contribution in [0.1, 0.15) is 26.0 Å². The topological polar surface area (TPSA) is 87.6 Å². The van der Waals surface area contributed by atoms with Crippen LogP contribution in [0.4, 0.5) is 10.2 Å². The van der Waals surface area contributed by atoms with Crippen LogP contribution in [0, 0.1) is 12.7 Å². The van der Waals surface area contributed by atoms with E-state index < -0.39 is 0 Å². The molecule has 1 heterocycles. The second-order valence-electron chi connectivity index (χ2n) is 6.49. The first-order chi connectivity index (χ1) is 14.0. The molecule has 0 bridgehead atoms. The van der Waals surface area contributed by atoms with Gasteiger partial charge in [0.25, 0.3) is 0 Å². The van der Waals surface area contributed by atoms with Gasteiger partial charge in [0.2, 0.25) is 5.91 Å². The van der Waals surface area contributed by atoms with Crippen molar-refractivity contribution < 1.29 is 13.9 Å². The van der Waals surface area contributed by atoms with Crippen molar-refractivity contribution >= 4 is 41.7 Å². The van der Waals surface area contributed by atoms with Crippen LogP contribution in [-0.2, 0) is 4.79 Å². The summed E-state index contributed by atoms with van der Waals surface area (Å²) in [5, 5.41) is 9.01. The maximum Gasteiger partial charge on any atom is 0.227 e. The van der Waals surface area contributed by atoms with E-state index in [1.165, 1.54) is 12.1 Å². The highest BCUT2D eigenvalue weighted by Crippen LogP contribution is 2.13. The van der Waals surface area contributed by atoms with E-state index in [0.29, 0.717) is 37.2 Å². The highest BCUT2D eigenvalue weighted by atomic mass is 127. The van der Waals surface area contributed by atoms with Crippen molar-refractivity contribution in [1.29, 1.82) is 0 Å². The molecule has 0 spiro atoms. The number of guanidine groups is 1. The largest absolute Gasteiger partial charge is 0.489 e. The average molecular weight is 529 g/mol. The molecule has 30 heavy (non-hydrogen) atoms. The molecule has 0 radical (unpaired) electrons. The highest BCUT2D eigenvalue weighted by Gasteiger charge is 2.07. The number of nitrogens with one attached hydrogen (secondary N) is 3. The Kier molecular flexibility index (Phi) is 11.7. The van der Waals surface area contributed by atoms with Crippen molar-refractivity contribution in [1.82, 2.24) is 15.6 Å². The second-order valence-corrected chi connectivity index (χ2v) is 6.49. The number of amides is 1. The molecule has 1 atom stereocenters. The van der Waals surface area contributed by atoms with Gasteiger partial charge >= 0.3 is 0 Å². The van der Waals surface area contributed by atoms with E-state index in [0.717, 1.165) is 5.69 Å². The number of ether oxygens (including phenoxy) is 1. The van der Waals surface area contributed by atoms with Crippen LogP contribution in [0.2, 0.25) is 0 Å². The molecule has 0 saturated carbocycles. The third-order valence-corrected chi connectivity index (χ3v) is 3.78. The Bertz CT molecular complexity index is 835. The number of anilines is 1. The lowest BCUT2D eigenvalue weighted by Crippen LogP contribution is -2.39. The van der Waals surface area contributed by atoms with Crippen LogP contribution in [0.5, 0.6) is 5.75 Å². The van der Waals surface area contributed by atoms with Gasteiger partial charge in [-0.1, -0.05) is 12.1 Å². The van der Waals surface area contributed by atoms with Gasteiger partial charge in [-0.25, -0.2) is 14.4 Å². The normalized spacial score (nSPS) is 11.8. The van der Waals surface area contributed by atoms with E-state index in [4.69, 9.17) is 4.74 Å². The van der Waals surface area contributed by atoms with E-state index in [1.54, 1.807) is 18.2 Å². The quantitative estimate of drug-likeness (QED) is 0.263. The maximum atomic E-state index is 13.2. The number of hydrogen-bond donors (Lipinski definition) is 3. The third kappa shape index (κ3) is 9.86. The smallest absolute Gasteiger partial charge is 0.227 e. The molecule has 1 aromatic heterocycles. The molecule has 0 saturated heterocycles. The molecule has 0 aliphatic heterocycles. The number of nitrogens with zero attached hydrogens (tertiary/aromatic N) is 2. The van der Waals surface area contributed by atoms with Crippen LogP contribution in [0.25, 0.3) is 0 Å². The number of pyridine rings is 1. The summed E-state index contributed by atoms with van der Waals surface area (Å²) in [6.07, 6.45) is 0.0398. The van der Waals surface area contributed by atoms with Gasteiger partial charge < -0.3 is 20.7 Å². The van der Waals surface area contributed by atoms with Gasteiger partial charge in [0, 0.05) is 31.3 Å². The summed E-state index contributed by atoms with van der Waals surface area (Å²) in [5.41, 5.74) is 0.845. The van der Waals surface area contributed by atoms with Crippen molar-refractivity contribution in [2.24, 2.45) is 4.99 Å². The number of rotatable bonds is 9. The number of aromatic nitrogens is 1. The Labute approximate surface area is 193 Å². The molecule has 0 aliphatic carbocycles. The van der Waals surface area contributed by atoms with Gasteiger partial charge in [0.05, 0.1) is 6.54 Å². The molecule has 0 aliphatic rings. The van der Waals surface area contributed by atoms with Gasteiger partial charge in [-0.05, 0) is 45.0 Å². The Hall–Kier alpha value is -2.43. The van der Waals surface area contributed by atoms with Crippen molar-refractivity contribution in [3.63, 3.8) is 0 Å². The Morgan fingerprint density at radius 2 is 2.00 bits per heavy atom. The number of benzene rings is 1. The maximum absolute atomic E-state index is 13.2. The summed E-state index contributed by atoms with van der Waals surface area (Å²) in [4.78, 5) is 20.8. The summed E-state index contributed by atoms with van der Waals surface area (Å²) in [5.74, 6) is 1.12. The Morgan fingerprint density at radius 1 is 1.23 bits per heavy atom. The van der Waals surface area contributed by atoms with Gasteiger partial charge in [-0.15, -0.1) is 24.0 Å². The average Bonchev–Trinajstić information content (AvgIpc) is 2.66. The number of carbonyl (C=O) groups is 1. The molecule has 0 fully saturated rings. The highest BCUT2D eigenvalue weighted by molar-refractivity contribution is 14.0. The molecule has 1 amide bonds. The molecule has 2 aromatic rings. The van der Waals surface area contributed by atoms with Gasteiger partial charge in [-0.3, -0.25) is 4.79 Å². The van der Waals surface area contributed by atoms with Crippen LogP contribution >= 0.6 is 24.0 Å². The van der Waals surface area contributed by atoms with Crippen LogP contribution in [0.3, 0.4) is 0 Å². The Balaban J connectivity index is 0.00000450. The molecular formula is C21H29FIN5O2. The first-order valence-corrected chi connectivity index (χ1v) is 9.64. The summed E-state index contributed by atoms with van der Waals surface area (Å²) in [7, 11) is 0. The van der Waals surface area contributed by atoms with E-state index in [1.807, 2.05) is 32.9 Å². The summed E-state index contributed by atoms with van der Waals surface area (Å²) < 4.78 is 18.9. The number of hydrogen-bond acceptors (Lipinski definition) is 4. The third-order valence-electron chi connectivity index (χ3n) is 3.78. The van der Waals surface area contributed by atoms with E-state index in [9.17, 15) is 9.18 Å². The summed E-state index contributed by atoms with van der Waals surface area (Å²) in [6, 6.07) is 11.5. The molecule has 7 nitrogen and oxygen atoms in total. The minimum Gasteiger partial charge on any atom is -0.489 e. The first-order valence-electron chi connectivity index (χ1n) is 9.64. The van der Waals surface area contributed by atoms with Crippen LogP contribution in [-0.4, -0.2) is 42.6 Å². The fourth-order valence-electron chi connectivity index (χ4n) is 2.48. The predicted molar refractivity (Wildman–Crippen MR) is 128 cm³/mol. The fourth-order valence-corrected chi connectivity index (χ4v) is 2.48. The number of halogens is 2. The molecule has 3 N–H and O–H groups in total. The Morgan fingerprint density at radius 3 is 2.70 bits per heavy atom. The van der Waals surface area contributed by atoms with Crippen LogP contribution in [0.15, 0.2) is 47.5 Å². The lowest BCUT2D eigenvalue weighted by Gasteiger charge is -2.15. The minimum atomic E-state index is -0.340. The molecule has 9 heteroatoms. The molecule has 2 rings (SSSR count). The fraction of sp³-hybridized carbons (Fsp3) is 0.381. The predicted octanol–water partition coefficient (Wildman–Crippen LogP) is 3.50. The van der Waals surface area contributed by atoms with E-state index in [2.05, 4.69) is 25.9 Å². The molecule has 1 unspecified atom stereocenters. The van der Waals surface area contributed by atoms with E-state index >= 15 is 0 Å². The first kappa shape index (κ1) is 25.6. The zero-order chi connectivity index (χ0) is 21.1. The standard InChI is InChI=1S/C21H28FN5O2.HI/c1-4-23-21(25-14-16(3)29-18-9-6-8-17(22)13-18)24-12-11-20(28)27-19-10-5-7-15(2)26-19;/h5-10,13,16H,4,11-12,14H2,1-3H3,(H2,23,24,25)(H,26,27,28);1H. The van der Waals surface area contributed by atoms with Gasteiger partial charge in [0.1, 0.15) is 23.5 Å². The summed E-state index contributed by atoms with van der Waals surface area (Å²) in [6.45, 7) is 7.17. The van der Waals surface area contributed by atoms with Crippen molar-refractivity contribution in [3.05, 3.63) is 54.0 Å². The zero-order valence-corrected chi connectivity index (χ0v) is 19.8. The van der Waals surface area contributed by atoms with Gasteiger partial charge in [0.15, 0.2) is 5.96 Å². The van der Waals surface area contributed by atoms with Crippen molar-refractivity contribution in [2.75, 3.05) is 25.0 Å². The van der Waals surface area contributed by atoms with E-state index in [-0.39, 0.29) is 48.2 Å². The number of aryl methyl sites for hydroxylation is 1. The molecule has 1 aromatic carbocycles. The monoisotopic (exact) mass is 529 g/mol. The lowest BCUT2D eigenvalue weighted by molar-refractivity contribution is -0.116. The number of aliphatic imine (C=N–C) groups is 1. The second kappa shape index (κ2) is 13.7. The summed E-state index contributed by atoms with van der Waals surface area (Å²) >= 11 is 0. The minimum absolute atomic E-state index is 0. The van der Waals surface area contributed by atoms with Gasteiger partial charge in [-0.2, -0.15) is 0 Å². The van der Waals surface area contributed by atoms with Crippen molar-refractivity contribution in [3.8, 4) is 5.75 Å². The molecule has 164 valence electrons. The number of carbonyl (C=O) groups excluding carboxylic acids is 1. The zero-order valence-electron chi connectivity index (χ0n) is 17.4. The SMILES string of the molecule is CCNC(=NCC(C)Oc1cccc(F)c1)NCCC(=O)Nc1cccc(C)n1.I.